The summed E-state index contributed by atoms with van der Waals surface area (Å²) in [7, 11) is 0. The quantitative estimate of drug-likeness (QED) is 0.210. The van der Waals surface area contributed by atoms with Gasteiger partial charge in [-0.05, 0) is 58.0 Å². The molecule has 0 saturated carbocycles. The van der Waals surface area contributed by atoms with Crippen molar-refractivity contribution >= 4 is 5.91 Å². The third kappa shape index (κ3) is 16.2. The maximum atomic E-state index is 11.9. The van der Waals surface area contributed by atoms with Crippen LogP contribution in [0.1, 0.15) is 116 Å². The Kier molecular flexibility index (Phi) is 17.5. The molecule has 0 aromatic carbocycles. The van der Waals surface area contributed by atoms with Gasteiger partial charge in [0, 0.05) is 19.5 Å². The van der Waals surface area contributed by atoms with E-state index in [-0.39, 0.29) is 5.91 Å². The molecule has 164 valence electrons. The Morgan fingerprint density at radius 3 is 2.00 bits per heavy atom. The van der Waals surface area contributed by atoms with Crippen molar-refractivity contribution in [3.05, 3.63) is 12.2 Å². The lowest BCUT2D eigenvalue weighted by Gasteiger charge is -2.26. The summed E-state index contributed by atoms with van der Waals surface area (Å²) >= 11 is 0. The number of rotatable bonds is 18. The van der Waals surface area contributed by atoms with E-state index in [0.29, 0.717) is 6.42 Å². The van der Waals surface area contributed by atoms with Crippen molar-refractivity contribution in [1.29, 1.82) is 0 Å². The monoisotopic (exact) mass is 392 g/mol. The first-order valence-electron chi connectivity index (χ1n) is 12.5. The topological polar surface area (TPSA) is 32.3 Å². The van der Waals surface area contributed by atoms with E-state index >= 15 is 0 Å². The molecule has 1 aliphatic heterocycles. The van der Waals surface area contributed by atoms with Gasteiger partial charge in [-0.2, -0.15) is 0 Å². The summed E-state index contributed by atoms with van der Waals surface area (Å²) in [5, 5.41) is 3.09. The number of unbranched alkanes of at least 4 members (excludes halogenated alkanes) is 11. The number of nitrogens with one attached hydrogen (secondary N) is 1. The van der Waals surface area contributed by atoms with Gasteiger partial charge in [-0.15, -0.1) is 0 Å². The van der Waals surface area contributed by atoms with Gasteiger partial charge in [0.2, 0.25) is 5.91 Å². The fourth-order valence-electron chi connectivity index (χ4n) is 3.98. The molecule has 0 aromatic heterocycles. The van der Waals surface area contributed by atoms with Crippen LogP contribution in [0.15, 0.2) is 12.2 Å². The van der Waals surface area contributed by atoms with Gasteiger partial charge in [0.25, 0.3) is 0 Å². The predicted octanol–water partition coefficient (Wildman–Crippen LogP) is 6.63. The molecule has 0 atom stereocenters. The number of piperidine rings is 1. The van der Waals surface area contributed by atoms with E-state index in [1.165, 1.54) is 109 Å². The average Bonchev–Trinajstić information content (AvgIpc) is 2.71. The van der Waals surface area contributed by atoms with Gasteiger partial charge in [-0.3, -0.25) is 4.79 Å². The van der Waals surface area contributed by atoms with Crippen LogP contribution >= 0.6 is 0 Å². The van der Waals surface area contributed by atoms with Gasteiger partial charge in [-0.1, -0.05) is 76.9 Å². The zero-order chi connectivity index (χ0) is 20.1. The zero-order valence-electron chi connectivity index (χ0n) is 18.9. The van der Waals surface area contributed by atoms with E-state index < -0.39 is 0 Å². The third-order valence-corrected chi connectivity index (χ3v) is 5.86. The second-order valence-electron chi connectivity index (χ2n) is 8.59. The number of amides is 1. The zero-order valence-corrected chi connectivity index (χ0v) is 18.9. The molecular formula is C25H48N2O. The molecule has 3 nitrogen and oxygen atoms in total. The summed E-state index contributed by atoms with van der Waals surface area (Å²) in [5.41, 5.74) is 0. The van der Waals surface area contributed by atoms with Crippen LogP contribution in [0.3, 0.4) is 0 Å². The van der Waals surface area contributed by atoms with Gasteiger partial charge >= 0.3 is 0 Å². The van der Waals surface area contributed by atoms with Crippen molar-refractivity contribution in [2.75, 3.05) is 26.2 Å². The van der Waals surface area contributed by atoms with Crippen molar-refractivity contribution in [3.8, 4) is 0 Å². The molecule has 3 heteroatoms. The molecule has 1 amide bonds. The summed E-state index contributed by atoms with van der Waals surface area (Å²) in [6, 6.07) is 0. The molecular weight excluding hydrogens is 344 g/mol. The summed E-state index contributed by atoms with van der Waals surface area (Å²) in [5.74, 6) is 0.245. The van der Waals surface area contributed by atoms with E-state index in [1.54, 1.807) is 0 Å². The predicted molar refractivity (Wildman–Crippen MR) is 123 cm³/mol. The highest BCUT2D eigenvalue weighted by Gasteiger charge is 2.09. The molecule has 0 bridgehead atoms. The first kappa shape index (κ1) is 25.2. The number of hydrogen-bond acceptors (Lipinski definition) is 2. The van der Waals surface area contributed by atoms with Crippen LogP contribution in [-0.4, -0.2) is 37.0 Å². The highest BCUT2D eigenvalue weighted by molar-refractivity contribution is 5.75. The second-order valence-corrected chi connectivity index (χ2v) is 8.59. The van der Waals surface area contributed by atoms with Gasteiger partial charge in [0.05, 0.1) is 0 Å². The Bertz CT molecular complexity index is 375. The molecule has 1 heterocycles. The van der Waals surface area contributed by atoms with Crippen LogP contribution in [0.4, 0.5) is 0 Å². The standard InChI is InChI=1S/C25H48N2O/c1-2-3-4-5-6-7-8-9-10-11-12-13-14-15-17-20-25(28)26-21-24-27-22-18-16-19-23-27/h9-10H,2-8,11-24H2,1H3,(H,26,28)/b10-9-. The fraction of sp³-hybridized carbons (Fsp3) is 0.880. The smallest absolute Gasteiger partial charge is 0.220 e. The maximum absolute atomic E-state index is 11.9. The number of carbonyl (C=O) groups excluding carboxylic acids is 1. The minimum atomic E-state index is 0.245. The Labute approximate surface area is 175 Å². The van der Waals surface area contributed by atoms with Crippen molar-refractivity contribution in [2.24, 2.45) is 0 Å². The normalized spacial score (nSPS) is 15.3. The van der Waals surface area contributed by atoms with Crippen molar-refractivity contribution in [3.63, 3.8) is 0 Å². The molecule has 0 unspecified atom stereocenters. The highest BCUT2D eigenvalue weighted by atomic mass is 16.1. The minimum absolute atomic E-state index is 0.245. The lowest BCUT2D eigenvalue weighted by Crippen LogP contribution is -2.37. The maximum Gasteiger partial charge on any atom is 0.220 e. The van der Waals surface area contributed by atoms with Crippen LogP contribution in [0, 0.1) is 0 Å². The Balaban J connectivity index is 1.77. The largest absolute Gasteiger partial charge is 0.355 e. The Morgan fingerprint density at radius 2 is 1.36 bits per heavy atom. The first-order valence-corrected chi connectivity index (χ1v) is 12.5. The summed E-state index contributed by atoms with van der Waals surface area (Å²) in [6.45, 7) is 6.55. The molecule has 0 spiro atoms. The van der Waals surface area contributed by atoms with Gasteiger partial charge in [0.1, 0.15) is 0 Å². The van der Waals surface area contributed by atoms with E-state index in [9.17, 15) is 4.79 Å². The molecule has 1 rings (SSSR count). The molecule has 28 heavy (non-hydrogen) atoms. The van der Waals surface area contributed by atoms with Crippen LogP contribution in [0.2, 0.25) is 0 Å². The van der Waals surface area contributed by atoms with Crippen LogP contribution in [-0.2, 0) is 4.79 Å². The van der Waals surface area contributed by atoms with Crippen molar-refractivity contribution in [2.45, 2.75) is 116 Å². The molecule has 0 aliphatic carbocycles. The first-order chi connectivity index (χ1) is 13.8. The number of nitrogens with zero attached hydrogens (tertiary/aromatic N) is 1. The fourth-order valence-corrected chi connectivity index (χ4v) is 3.98. The van der Waals surface area contributed by atoms with Gasteiger partial charge in [-0.25, -0.2) is 0 Å². The summed E-state index contributed by atoms with van der Waals surface area (Å²) in [6.07, 6.45) is 26.4. The van der Waals surface area contributed by atoms with E-state index in [2.05, 4.69) is 29.3 Å². The van der Waals surface area contributed by atoms with Crippen LogP contribution in [0.5, 0.6) is 0 Å². The molecule has 0 radical (unpaired) electrons. The molecule has 0 aromatic rings. The number of carbonyl (C=O) groups is 1. The van der Waals surface area contributed by atoms with E-state index in [1.807, 2.05) is 0 Å². The van der Waals surface area contributed by atoms with E-state index in [4.69, 9.17) is 0 Å². The number of allylic oxidation sites excluding steroid dienone is 2. The van der Waals surface area contributed by atoms with Gasteiger partial charge in [0.15, 0.2) is 0 Å². The van der Waals surface area contributed by atoms with Crippen LogP contribution < -0.4 is 5.32 Å². The lowest BCUT2D eigenvalue weighted by atomic mass is 10.1. The average molecular weight is 393 g/mol. The van der Waals surface area contributed by atoms with E-state index in [0.717, 1.165) is 19.5 Å². The van der Waals surface area contributed by atoms with Gasteiger partial charge < -0.3 is 10.2 Å². The summed E-state index contributed by atoms with van der Waals surface area (Å²) < 4.78 is 0. The van der Waals surface area contributed by atoms with Crippen molar-refractivity contribution in [1.82, 2.24) is 10.2 Å². The number of likely N-dealkylation sites (tertiary alicyclic amines) is 1. The lowest BCUT2D eigenvalue weighted by molar-refractivity contribution is -0.121. The molecule has 1 aliphatic rings. The SMILES string of the molecule is CCCCCCCC/C=C\CCCCCCCC(=O)NCCN1CCCCC1. The Hall–Kier alpha value is -0.830. The van der Waals surface area contributed by atoms with Crippen LogP contribution in [0.25, 0.3) is 0 Å². The Morgan fingerprint density at radius 1 is 0.786 bits per heavy atom. The second kappa shape index (κ2) is 19.5. The van der Waals surface area contributed by atoms with Crippen molar-refractivity contribution < 1.29 is 4.79 Å². The highest BCUT2D eigenvalue weighted by Crippen LogP contribution is 2.10. The molecule has 1 fully saturated rings. The molecule has 1 saturated heterocycles. The summed E-state index contributed by atoms with van der Waals surface area (Å²) in [4.78, 5) is 14.4. The molecule has 1 N–H and O–H groups in total. The third-order valence-electron chi connectivity index (χ3n) is 5.86. The minimum Gasteiger partial charge on any atom is -0.355 e. The number of hydrogen-bond donors (Lipinski definition) is 1.